The Balaban J connectivity index is 3.04. The first-order valence-corrected chi connectivity index (χ1v) is 4.67. The first-order chi connectivity index (χ1) is 6.43. The molecule has 0 radical (unpaired) electrons. The van der Waals surface area contributed by atoms with Gasteiger partial charge in [-0.05, 0) is 23.8 Å². The highest BCUT2D eigenvalue weighted by molar-refractivity contribution is 9.10. The lowest BCUT2D eigenvalue weighted by atomic mass is 10.2. The third-order valence-corrected chi connectivity index (χ3v) is 2.37. The fourth-order valence-corrected chi connectivity index (χ4v) is 1.40. The van der Waals surface area contributed by atoms with Gasteiger partial charge in [-0.3, -0.25) is 0 Å². The van der Waals surface area contributed by atoms with E-state index >= 15 is 0 Å². The van der Waals surface area contributed by atoms with E-state index in [0.717, 1.165) is 0 Å². The van der Waals surface area contributed by atoms with Gasteiger partial charge in [-0.25, -0.2) is 0 Å². The van der Waals surface area contributed by atoms with Crippen LogP contribution >= 0.6 is 15.9 Å². The predicted molar refractivity (Wildman–Crippen MR) is 50.8 cm³/mol. The highest BCUT2D eigenvalue weighted by Crippen LogP contribution is 2.19. The lowest BCUT2D eigenvalue weighted by Gasteiger charge is -2.11. The number of aliphatic hydroxyl groups is 1. The van der Waals surface area contributed by atoms with Crippen molar-refractivity contribution in [3.63, 3.8) is 0 Å². The number of aliphatic hydroxyl groups excluding tert-OH is 1. The molecule has 14 heavy (non-hydrogen) atoms. The van der Waals surface area contributed by atoms with E-state index in [1.54, 1.807) is 13.8 Å². The van der Waals surface area contributed by atoms with Crippen LogP contribution in [0.4, 0.5) is 5.95 Å². The number of hydrogen-bond donors (Lipinski definition) is 1. The van der Waals surface area contributed by atoms with Crippen LogP contribution in [0.1, 0.15) is 19.9 Å². The molecule has 0 aliphatic heterocycles. The highest BCUT2D eigenvalue weighted by Gasteiger charge is 2.25. The van der Waals surface area contributed by atoms with Crippen LogP contribution in [0.3, 0.4) is 0 Å². The number of halogens is 1. The summed E-state index contributed by atoms with van der Waals surface area (Å²) in [6.45, 7) is 3.26. The zero-order chi connectivity index (χ0) is 10.9. The van der Waals surface area contributed by atoms with E-state index in [1.807, 2.05) is 0 Å². The minimum Gasteiger partial charge on any atom is -0.391 e. The normalized spacial score (nSPS) is 15.1. The van der Waals surface area contributed by atoms with Crippen molar-refractivity contribution in [1.29, 1.82) is 0 Å². The average molecular weight is 265 g/mol. The maximum Gasteiger partial charge on any atom is 0.492 e. The Morgan fingerprint density at radius 2 is 2.21 bits per heavy atom. The van der Waals surface area contributed by atoms with Gasteiger partial charge in [0.2, 0.25) is 0 Å². The van der Waals surface area contributed by atoms with Gasteiger partial charge in [-0.2, -0.15) is 4.68 Å². The van der Waals surface area contributed by atoms with Crippen molar-refractivity contribution in [3.05, 3.63) is 14.8 Å². The molecule has 7 nitrogen and oxygen atoms in total. The summed E-state index contributed by atoms with van der Waals surface area (Å²) >= 11 is 3.03. The van der Waals surface area contributed by atoms with Gasteiger partial charge in [-0.15, -0.1) is 0 Å². The molecule has 2 unspecified atom stereocenters. The minimum atomic E-state index is -0.685. The van der Waals surface area contributed by atoms with Crippen LogP contribution in [0.2, 0.25) is 0 Å². The van der Waals surface area contributed by atoms with Gasteiger partial charge < -0.3 is 15.2 Å². The van der Waals surface area contributed by atoms with Crippen LogP contribution in [0, 0.1) is 10.1 Å². The molecule has 0 aliphatic rings. The van der Waals surface area contributed by atoms with Gasteiger partial charge in [-0.1, -0.05) is 0 Å². The molecule has 2 atom stereocenters. The van der Waals surface area contributed by atoms with E-state index in [9.17, 15) is 15.2 Å². The first kappa shape index (κ1) is 11.1. The minimum absolute atomic E-state index is 0.234. The van der Waals surface area contributed by atoms with Crippen LogP contribution < -0.4 is 0 Å². The molecule has 1 N–H and O–H groups in total. The molecule has 1 aromatic rings. The molecule has 1 heterocycles. The van der Waals surface area contributed by atoms with E-state index in [-0.39, 0.29) is 10.8 Å². The van der Waals surface area contributed by atoms with Crippen LogP contribution in [0.25, 0.3) is 0 Å². The Kier molecular flexibility index (Phi) is 3.17. The number of rotatable bonds is 3. The molecule has 0 saturated heterocycles. The van der Waals surface area contributed by atoms with Crippen molar-refractivity contribution >= 4 is 21.9 Å². The second-order valence-corrected chi connectivity index (χ2v) is 3.57. The maximum absolute atomic E-state index is 10.3. The lowest BCUT2D eigenvalue weighted by Crippen LogP contribution is -2.19. The van der Waals surface area contributed by atoms with Crippen molar-refractivity contribution < 1.29 is 10.0 Å². The lowest BCUT2D eigenvalue weighted by molar-refractivity contribution is -0.394. The molecule has 8 heteroatoms. The summed E-state index contributed by atoms with van der Waals surface area (Å²) in [5.74, 6) is -0.482. The number of nitrogens with zero attached hydrogens (tertiary/aromatic N) is 4. The molecule has 0 aliphatic carbocycles. The molecule has 1 aromatic heterocycles. The molecule has 0 bridgehead atoms. The monoisotopic (exact) mass is 264 g/mol. The molecule has 0 saturated carbocycles. The van der Waals surface area contributed by atoms with E-state index in [2.05, 4.69) is 26.0 Å². The van der Waals surface area contributed by atoms with Crippen molar-refractivity contribution in [2.75, 3.05) is 0 Å². The number of nitro groups is 1. The summed E-state index contributed by atoms with van der Waals surface area (Å²) in [6.07, 6.45) is -0.660. The second-order valence-electron chi connectivity index (χ2n) is 2.86. The Labute approximate surface area is 88.0 Å². The fourth-order valence-electron chi connectivity index (χ4n) is 0.835. The highest BCUT2D eigenvalue weighted by atomic mass is 79.9. The van der Waals surface area contributed by atoms with Gasteiger partial charge in [0.25, 0.3) is 4.73 Å². The van der Waals surface area contributed by atoms with Crippen LogP contribution in [0.15, 0.2) is 4.73 Å². The second kappa shape index (κ2) is 4.01. The molecule has 1 rings (SSSR count). The fraction of sp³-hybridized carbons (Fsp3) is 0.667. The summed E-state index contributed by atoms with van der Waals surface area (Å²) in [4.78, 5) is 13.2. The maximum atomic E-state index is 10.3. The van der Waals surface area contributed by atoms with E-state index in [4.69, 9.17) is 0 Å². The topological polar surface area (TPSA) is 94.1 Å². The van der Waals surface area contributed by atoms with Crippen LogP contribution in [0.5, 0.6) is 0 Å². The Morgan fingerprint density at radius 1 is 1.64 bits per heavy atom. The van der Waals surface area contributed by atoms with E-state index in [0.29, 0.717) is 0 Å². The largest absolute Gasteiger partial charge is 0.492 e. The van der Waals surface area contributed by atoms with Gasteiger partial charge in [0.05, 0.1) is 12.1 Å². The SMILES string of the molecule is CC(O)C(C)n1nc([N+](=O)[O-])nc1Br. The van der Waals surface area contributed by atoms with Gasteiger partial charge >= 0.3 is 5.95 Å². The van der Waals surface area contributed by atoms with Crippen molar-refractivity contribution in [2.24, 2.45) is 0 Å². The summed E-state index contributed by atoms with van der Waals surface area (Å²) < 4.78 is 1.50. The molecular formula is C6H9BrN4O3. The quantitative estimate of drug-likeness (QED) is 0.647. The first-order valence-electron chi connectivity index (χ1n) is 3.88. The van der Waals surface area contributed by atoms with Gasteiger partial charge in [0.1, 0.15) is 0 Å². The Hall–Kier alpha value is -1.02. The van der Waals surface area contributed by atoms with Crippen LogP contribution in [-0.2, 0) is 0 Å². The molecule has 0 fully saturated rings. The molecular weight excluding hydrogens is 256 g/mol. The third-order valence-electron chi connectivity index (χ3n) is 1.83. The summed E-state index contributed by atoms with van der Waals surface area (Å²) in [5.41, 5.74) is 0. The van der Waals surface area contributed by atoms with E-state index < -0.39 is 17.0 Å². The molecule has 0 spiro atoms. The standard InChI is InChI=1S/C6H9BrN4O3/c1-3(4(2)12)10-5(7)8-6(9-10)11(13)14/h3-4,12H,1-2H3. The van der Waals surface area contributed by atoms with Gasteiger partial charge in [0.15, 0.2) is 0 Å². The smallest absolute Gasteiger partial charge is 0.391 e. The van der Waals surface area contributed by atoms with Crippen LogP contribution in [-0.4, -0.2) is 30.9 Å². The van der Waals surface area contributed by atoms with Gasteiger partial charge in [0, 0.05) is 21.0 Å². The molecule has 0 amide bonds. The molecule has 0 aromatic carbocycles. The third kappa shape index (κ3) is 2.07. The summed E-state index contributed by atoms with van der Waals surface area (Å²) in [5, 5.41) is 23.2. The Bertz CT molecular complexity index is 351. The summed E-state index contributed by atoms with van der Waals surface area (Å²) in [7, 11) is 0. The zero-order valence-corrected chi connectivity index (χ0v) is 9.17. The Morgan fingerprint density at radius 3 is 2.57 bits per heavy atom. The average Bonchev–Trinajstić information content (AvgIpc) is 2.46. The van der Waals surface area contributed by atoms with Crippen molar-refractivity contribution in [1.82, 2.24) is 14.8 Å². The number of aromatic nitrogens is 3. The summed E-state index contributed by atoms with van der Waals surface area (Å²) in [6, 6.07) is -0.370. The van der Waals surface area contributed by atoms with E-state index in [1.165, 1.54) is 4.68 Å². The van der Waals surface area contributed by atoms with Crippen molar-refractivity contribution in [3.8, 4) is 0 Å². The number of hydrogen-bond acceptors (Lipinski definition) is 5. The molecule has 78 valence electrons. The zero-order valence-electron chi connectivity index (χ0n) is 7.59. The van der Waals surface area contributed by atoms with Crippen molar-refractivity contribution in [2.45, 2.75) is 26.0 Å². The predicted octanol–water partition coefficient (Wildman–Crippen LogP) is 0.891.